The molecule has 0 spiro atoms. The van der Waals surface area contributed by atoms with E-state index in [1.54, 1.807) is 0 Å². The van der Waals surface area contributed by atoms with Crippen molar-refractivity contribution in [3.63, 3.8) is 0 Å². The molecule has 20 heavy (non-hydrogen) atoms. The molecule has 1 aromatic carbocycles. The van der Waals surface area contributed by atoms with Crippen LogP contribution in [0.3, 0.4) is 0 Å². The van der Waals surface area contributed by atoms with Gasteiger partial charge in [-0.2, -0.15) is 0 Å². The molecule has 6 nitrogen and oxygen atoms in total. The van der Waals surface area contributed by atoms with Crippen LogP contribution in [0.4, 0.5) is 14.5 Å². The van der Waals surface area contributed by atoms with Crippen LogP contribution in [0, 0.1) is 10.1 Å². The van der Waals surface area contributed by atoms with E-state index in [0.717, 1.165) is 18.2 Å². The van der Waals surface area contributed by atoms with Gasteiger partial charge in [0, 0.05) is 29.3 Å². The summed E-state index contributed by atoms with van der Waals surface area (Å²) >= 11 is 5.65. The Labute approximate surface area is 117 Å². The Kier molecular flexibility index (Phi) is 5.78. The summed E-state index contributed by atoms with van der Waals surface area (Å²) in [4.78, 5) is 22.6. The molecule has 1 N–H and O–H groups in total. The maximum atomic E-state index is 12.4. The smallest absolute Gasteiger partial charge is 0.271 e. The first-order valence-electron chi connectivity index (χ1n) is 5.48. The molecule has 0 fully saturated rings. The van der Waals surface area contributed by atoms with E-state index in [0.29, 0.717) is 4.90 Å². The monoisotopic (exact) mass is 308 g/mol. The van der Waals surface area contributed by atoms with Gasteiger partial charge in [-0.05, 0) is 6.07 Å². The minimum Gasteiger partial charge on any atom is -0.395 e. The zero-order chi connectivity index (χ0) is 15.3. The number of amides is 1. The predicted molar refractivity (Wildman–Crippen MR) is 67.1 cm³/mol. The number of aliphatic hydroxyl groups is 1. The molecule has 0 heterocycles. The predicted octanol–water partition coefficient (Wildman–Crippen LogP) is 1.95. The molecule has 1 rings (SSSR count). The summed E-state index contributed by atoms with van der Waals surface area (Å²) in [5, 5.41) is 19.4. The van der Waals surface area contributed by atoms with Crippen molar-refractivity contribution in [3.8, 4) is 0 Å². The highest BCUT2D eigenvalue weighted by atomic mass is 35.5. The van der Waals surface area contributed by atoms with Gasteiger partial charge in [-0.3, -0.25) is 14.9 Å². The van der Waals surface area contributed by atoms with Crippen LogP contribution in [0.5, 0.6) is 0 Å². The van der Waals surface area contributed by atoms with Gasteiger partial charge in [0.05, 0.1) is 18.1 Å². The number of nitro benzene ring substituents is 1. The van der Waals surface area contributed by atoms with Crippen LogP contribution in [0.25, 0.3) is 0 Å². The number of hydrogen-bond donors (Lipinski definition) is 1. The van der Waals surface area contributed by atoms with Crippen LogP contribution in [-0.4, -0.2) is 47.0 Å². The third-order valence-electron chi connectivity index (χ3n) is 2.36. The van der Waals surface area contributed by atoms with Crippen molar-refractivity contribution in [1.82, 2.24) is 4.90 Å². The first-order valence-corrected chi connectivity index (χ1v) is 5.86. The van der Waals surface area contributed by atoms with E-state index in [4.69, 9.17) is 16.7 Å². The van der Waals surface area contributed by atoms with E-state index in [1.165, 1.54) is 0 Å². The van der Waals surface area contributed by atoms with Crippen LogP contribution >= 0.6 is 11.6 Å². The Balaban J connectivity index is 3.07. The highest BCUT2D eigenvalue weighted by molar-refractivity contribution is 6.31. The Bertz CT molecular complexity index is 513. The van der Waals surface area contributed by atoms with Crippen molar-refractivity contribution in [2.45, 2.75) is 6.43 Å². The molecule has 0 aliphatic carbocycles. The summed E-state index contributed by atoms with van der Waals surface area (Å²) in [6, 6.07) is 3.14. The molecular weight excluding hydrogens is 298 g/mol. The topological polar surface area (TPSA) is 83.7 Å². The summed E-state index contributed by atoms with van der Waals surface area (Å²) in [5.41, 5.74) is -0.597. The molecule has 0 saturated heterocycles. The molecule has 0 aliphatic heterocycles. The number of nitro groups is 1. The van der Waals surface area contributed by atoms with Crippen molar-refractivity contribution in [1.29, 1.82) is 0 Å². The highest BCUT2D eigenvalue weighted by Gasteiger charge is 2.21. The lowest BCUT2D eigenvalue weighted by atomic mass is 10.1. The van der Waals surface area contributed by atoms with Crippen molar-refractivity contribution in [2.75, 3.05) is 19.7 Å². The van der Waals surface area contributed by atoms with Gasteiger partial charge >= 0.3 is 0 Å². The average molecular weight is 309 g/mol. The van der Waals surface area contributed by atoms with E-state index in [9.17, 15) is 23.7 Å². The Morgan fingerprint density at radius 3 is 2.60 bits per heavy atom. The second-order valence-corrected chi connectivity index (χ2v) is 4.26. The number of benzene rings is 1. The lowest BCUT2D eigenvalue weighted by Crippen LogP contribution is -2.37. The standard InChI is InChI=1S/C11H11ClF2N2O4/c12-8-3-7(4-9(5-8)16(19)20)11(18)15(1-2-17)6-10(13)14/h3-5,10,17H,1-2,6H2. The number of non-ortho nitro benzene ring substituents is 1. The van der Waals surface area contributed by atoms with Gasteiger partial charge in [-0.1, -0.05) is 11.6 Å². The van der Waals surface area contributed by atoms with E-state index in [2.05, 4.69) is 0 Å². The molecule has 9 heteroatoms. The molecule has 1 aromatic rings. The molecular formula is C11H11ClF2N2O4. The lowest BCUT2D eigenvalue weighted by Gasteiger charge is -2.21. The summed E-state index contributed by atoms with van der Waals surface area (Å²) in [5.74, 6) is -0.857. The molecule has 0 saturated carbocycles. The van der Waals surface area contributed by atoms with Crippen molar-refractivity contribution in [3.05, 3.63) is 38.9 Å². The molecule has 0 aromatic heterocycles. The molecule has 1 amide bonds. The Hall–Kier alpha value is -1.80. The number of rotatable bonds is 6. The van der Waals surface area contributed by atoms with E-state index >= 15 is 0 Å². The average Bonchev–Trinajstić information content (AvgIpc) is 2.36. The summed E-state index contributed by atoms with van der Waals surface area (Å²) in [6.45, 7) is -1.68. The van der Waals surface area contributed by atoms with Gasteiger partial charge in [0.15, 0.2) is 0 Å². The fourth-order valence-corrected chi connectivity index (χ4v) is 1.78. The van der Waals surface area contributed by atoms with Crippen LogP contribution in [-0.2, 0) is 0 Å². The molecule has 0 unspecified atom stereocenters. The van der Waals surface area contributed by atoms with Crippen molar-refractivity contribution in [2.24, 2.45) is 0 Å². The van der Waals surface area contributed by atoms with Crippen LogP contribution in [0.1, 0.15) is 10.4 Å². The Morgan fingerprint density at radius 1 is 1.45 bits per heavy atom. The second kappa shape index (κ2) is 7.11. The number of nitrogens with zero attached hydrogens (tertiary/aromatic N) is 2. The maximum Gasteiger partial charge on any atom is 0.271 e. The zero-order valence-electron chi connectivity index (χ0n) is 10.1. The van der Waals surface area contributed by atoms with Crippen LogP contribution < -0.4 is 0 Å². The zero-order valence-corrected chi connectivity index (χ0v) is 10.9. The van der Waals surface area contributed by atoms with Crippen molar-refractivity contribution >= 4 is 23.2 Å². The third kappa shape index (κ3) is 4.39. The van der Waals surface area contributed by atoms with Crippen molar-refractivity contribution < 1.29 is 23.6 Å². The minimum atomic E-state index is -2.78. The number of halogens is 3. The van der Waals surface area contributed by atoms with Gasteiger partial charge in [0.2, 0.25) is 0 Å². The first kappa shape index (κ1) is 16.3. The van der Waals surface area contributed by atoms with Crippen LogP contribution in [0.15, 0.2) is 18.2 Å². The summed E-state index contributed by atoms with van der Waals surface area (Å²) in [6.07, 6.45) is -2.78. The number of carbonyl (C=O) groups is 1. The summed E-state index contributed by atoms with van der Waals surface area (Å²) < 4.78 is 24.7. The van der Waals surface area contributed by atoms with E-state index < -0.39 is 36.1 Å². The van der Waals surface area contributed by atoms with Gasteiger partial charge in [0.25, 0.3) is 18.0 Å². The molecule has 0 atom stereocenters. The maximum absolute atomic E-state index is 12.4. The number of hydrogen-bond acceptors (Lipinski definition) is 4. The fourth-order valence-electron chi connectivity index (χ4n) is 1.55. The van der Waals surface area contributed by atoms with Gasteiger partial charge in [-0.15, -0.1) is 0 Å². The SMILES string of the molecule is O=C(c1cc(Cl)cc([N+](=O)[O-])c1)N(CCO)CC(F)F. The highest BCUT2D eigenvalue weighted by Crippen LogP contribution is 2.22. The van der Waals surface area contributed by atoms with Gasteiger partial charge in [0.1, 0.15) is 0 Å². The van der Waals surface area contributed by atoms with Crippen LogP contribution in [0.2, 0.25) is 5.02 Å². The summed E-state index contributed by atoms with van der Waals surface area (Å²) in [7, 11) is 0. The quantitative estimate of drug-likeness (QED) is 0.643. The van der Waals surface area contributed by atoms with Gasteiger partial charge < -0.3 is 10.0 Å². The first-order chi connectivity index (χ1) is 9.35. The second-order valence-electron chi connectivity index (χ2n) is 3.82. The normalized spacial score (nSPS) is 10.7. The minimum absolute atomic E-state index is 0.0523. The molecule has 0 aliphatic rings. The largest absolute Gasteiger partial charge is 0.395 e. The van der Waals surface area contributed by atoms with E-state index in [-0.39, 0.29) is 17.1 Å². The lowest BCUT2D eigenvalue weighted by molar-refractivity contribution is -0.384. The van der Waals surface area contributed by atoms with E-state index in [1.807, 2.05) is 0 Å². The Morgan fingerprint density at radius 2 is 2.10 bits per heavy atom. The van der Waals surface area contributed by atoms with Gasteiger partial charge in [-0.25, -0.2) is 8.78 Å². The fraction of sp³-hybridized carbons (Fsp3) is 0.364. The number of alkyl halides is 2. The number of carbonyl (C=O) groups excluding carboxylic acids is 1. The molecule has 0 radical (unpaired) electrons. The third-order valence-corrected chi connectivity index (χ3v) is 2.57. The molecule has 110 valence electrons. The number of aliphatic hydroxyl groups excluding tert-OH is 1. The molecule has 0 bridgehead atoms.